The smallest absolute Gasteiger partial charge is 0.146 e. The number of halogens is 2. The molecule has 19 heavy (non-hydrogen) atoms. The van der Waals surface area contributed by atoms with Gasteiger partial charge in [-0.15, -0.1) is 0 Å². The minimum Gasteiger partial charge on any atom is -0.456 e. The average Bonchev–Trinajstić information content (AvgIpc) is 2.42. The highest BCUT2D eigenvalue weighted by Crippen LogP contribution is 2.31. The maximum absolute atomic E-state index is 8.84. The van der Waals surface area contributed by atoms with Crippen molar-refractivity contribution >= 4 is 23.2 Å². The van der Waals surface area contributed by atoms with Crippen molar-refractivity contribution in [3.63, 3.8) is 0 Å². The first-order valence-electron chi connectivity index (χ1n) is 5.72. The van der Waals surface area contributed by atoms with Crippen LogP contribution in [0.25, 0.3) is 0 Å². The molecule has 96 valence electrons. The number of nitriles is 1. The first-order valence-corrected chi connectivity index (χ1v) is 6.48. The van der Waals surface area contributed by atoms with Gasteiger partial charge < -0.3 is 4.74 Å². The Morgan fingerprint density at radius 1 is 1.11 bits per heavy atom. The second-order valence-electron chi connectivity index (χ2n) is 4.10. The lowest BCUT2D eigenvalue weighted by molar-refractivity contribution is 0.482. The van der Waals surface area contributed by atoms with Crippen LogP contribution in [0.2, 0.25) is 10.0 Å². The van der Waals surface area contributed by atoms with Gasteiger partial charge in [0.1, 0.15) is 11.5 Å². The summed E-state index contributed by atoms with van der Waals surface area (Å²) in [5.41, 5.74) is 0.956. The van der Waals surface area contributed by atoms with Crippen LogP contribution in [0.4, 0.5) is 0 Å². The fourth-order valence-corrected chi connectivity index (χ4v) is 2.03. The standard InChI is InChI=1S/C15H11Cl2NO/c1-10(9-18)11-2-5-13(6-3-11)19-15-7-4-12(16)8-14(15)17/h2-8,10H,1H3. The summed E-state index contributed by atoms with van der Waals surface area (Å²) in [6.45, 7) is 1.85. The van der Waals surface area contributed by atoms with E-state index in [1.165, 1.54) is 0 Å². The Hall–Kier alpha value is -1.69. The van der Waals surface area contributed by atoms with Crippen LogP contribution in [0, 0.1) is 11.3 Å². The predicted molar refractivity (Wildman–Crippen MR) is 77.0 cm³/mol. The van der Waals surface area contributed by atoms with Crippen molar-refractivity contribution < 1.29 is 4.74 Å². The Labute approximate surface area is 122 Å². The molecule has 2 rings (SSSR count). The molecule has 0 aliphatic carbocycles. The monoisotopic (exact) mass is 291 g/mol. The molecule has 4 heteroatoms. The van der Waals surface area contributed by atoms with Gasteiger partial charge in [-0.1, -0.05) is 35.3 Å². The molecular weight excluding hydrogens is 281 g/mol. The van der Waals surface area contributed by atoms with E-state index in [4.69, 9.17) is 33.2 Å². The molecule has 0 aliphatic heterocycles. The van der Waals surface area contributed by atoms with E-state index in [2.05, 4.69) is 6.07 Å². The van der Waals surface area contributed by atoms with E-state index in [0.717, 1.165) is 5.56 Å². The Morgan fingerprint density at radius 3 is 2.37 bits per heavy atom. The van der Waals surface area contributed by atoms with Crippen LogP contribution >= 0.6 is 23.2 Å². The highest BCUT2D eigenvalue weighted by atomic mass is 35.5. The molecule has 0 bridgehead atoms. The van der Waals surface area contributed by atoms with E-state index >= 15 is 0 Å². The van der Waals surface area contributed by atoms with Crippen molar-refractivity contribution in [2.75, 3.05) is 0 Å². The molecule has 2 nitrogen and oxygen atoms in total. The minimum absolute atomic E-state index is 0.131. The summed E-state index contributed by atoms with van der Waals surface area (Å²) in [6, 6.07) is 14.6. The van der Waals surface area contributed by atoms with Crippen molar-refractivity contribution in [1.29, 1.82) is 5.26 Å². The number of benzene rings is 2. The second kappa shape index (κ2) is 5.97. The Kier molecular flexibility index (Phi) is 4.31. The summed E-state index contributed by atoms with van der Waals surface area (Å²) in [7, 11) is 0. The molecule has 0 saturated heterocycles. The fraction of sp³-hybridized carbons (Fsp3) is 0.133. The lowest BCUT2D eigenvalue weighted by Gasteiger charge is -2.09. The van der Waals surface area contributed by atoms with Crippen molar-refractivity contribution in [2.24, 2.45) is 0 Å². The average molecular weight is 292 g/mol. The van der Waals surface area contributed by atoms with Gasteiger partial charge in [0.2, 0.25) is 0 Å². The van der Waals surface area contributed by atoms with Gasteiger partial charge in [0, 0.05) is 5.02 Å². The fourth-order valence-electron chi connectivity index (χ4n) is 1.58. The van der Waals surface area contributed by atoms with Gasteiger partial charge in [-0.3, -0.25) is 0 Å². The van der Waals surface area contributed by atoms with Crippen molar-refractivity contribution in [3.05, 3.63) is 58.1 Å². The van der Waals surface area contributed by atoms with Crippen LogP contribution in [0.5, 0.6) is 11.5 Å². The van der Waals surface area contributed by atoms with E-state index in [1.54, 1.807) is 18.2 Å². The number of hydrogen-bond acceptors (Lipinski definition) is 2. The van der Waals surface area contributed by atoms with Crippen LogP contribution in [0.3, 0.4) is 0 Å². The van der Waals surface area contributed by atoms with Gasteiger partial charge in [0.25, 0.3) is 0 Å². The Balaban J connectivity index is 2.18. The first-order chi connectivity index (χ1) is 9.10. The molecule has 0 N–H and O–H groups in total. The van der Waals surface area contributed by atoms with Crippen LogP contribution < -0.4 is 4.74 Å². The zero-order valence-corrected chi connectivity index (χ0v) is 11.7. The first kappa shape index (κ1) is 13.7. The van der Waals surface area contributed by atoms with Gasteiger partial charge in [-0.2, -0.15) is 5.26 Å². The minimum atomic E-state index is -0.131. The van der Waals surface area contributed by atoms with Gasteiger partial charge in [-0.25, -0.2) is 0 Å². The van der Waals surface area contributed by atoms with Gasteiger partial charge in [0.05, 0.1) is 17.0 Å². The van der Waals surface area contributed by atoms with E-state index in [-0.39, 0.29) is 5.92 Å². The van der Waals surface area contributed by atoms with Crippen molar-refractivity contribution in [3.8, 4) is 17.6 Å². The molecule has 1 atom stereocenters. The lowest BCUT2D eigenvalue weighted by Crippen LogP contribution is -1.90. The summed E-state index contributed by atoms with van der Waals surface area (Å²) < 4.78 is 5.66. The largest absolute Gasteiger partial charge is 0.456 e. The molecule has 1 unspecified atom stereocenters. The molecule has 0 fully saturated rings. The molecule has 0 aromatic heterocycles. The maximum Gasteiger partial charge on any atom is 0.146 e. The molecule has 0 saturated carbocycles. The summed E-state index contributed by atoms with van der Waals surface area (Å²) in [5.74, 6) is 1.08. The van der Waals surface area contributed by atoms with Crippen molar-refractivity contribution in [2.45, 2.75) is 12.8 Å². The van der Waals surface area contributed by atoms with Gasteiger partial charge >= 0.3 is 0 Å². The van der Waals surface area contributed by atoms with Crippen LogP contribution in [-0.4, -0.2) is 0 Å². The number of rotatable bonds is 3. The Morgan fingerprint density at radius 2 is 1.79 bits per heavy atom. The summed E-state index contributed by atoms with van der Waals surface area (Å²) in [4.78, 5) is 0. The molecule has 0 aliphatic rings. The second-order valence-corrected chi connectivity index (χ2v) is 4.94. The molecule has 0 spiro atoms. The topological polar surface area (TPSA) is 33.0 Å². The van der Waals surface area contributed by atoms with E-state index in [9.17, 15) is 0 Å². The quantitative estimate of drug-likeness (QED) is 0.757. The zero-order valence-electron chi connectivity index (χ0n) is 10.2. The highest BCUT2D eigenvalue weighted by molar-refractivity contribution is 6.35. The third-order valence-electron chi connectivity index (χ3n) is 2.70. The van der Waals surface area contributed by atoms with Gasteiger partial charge in [-0.05, 0) is 42.8 Å². The van der Waals surface area contributed by atoms with Gasteiger partial charge in [0.15, 0.2) is 0 Å². The number of nitrogens with zero attached hydrogens (tertiary/aromatic N) is 1. The molecule has 2 aromatic carbocycles. The van der Waals surface area contributed by atoms with E-state index < -0.39 is 0 Å². The Bertz CT molecular complexity index is 617. The third kappa shape index (κ3) is 3.41. The molecule has 0 radical (unpaired) electrons. The van der Waals surface area contributed by atoms with Crippen LogP contribution in [-0.2, 0) is 0 Å². The SMILES string of the molecule is CC(C#N)c1ccc(Oc2ccc(Cl)cc2Cl)cc1. The zero-order chi connectivity index (χ0) is 13.8. The third-order valence-corrected chi connectivity index (χ3v) is 3.23. The molecule has 0 heterocycles. The van der Waals surface area contributed by atoms with Crippen LogP contribution in [0.1, 0.15) is 18.4 Å². The number of hydrogen-bond donors (Lipinski definition) is 0. The highest BCUT2D eigenvalue weighted by Gasteiger charge is 2.06. The summed E-state index contributed by atoms with van der Waals surface area (Å²) >= 11 is 11.9. The van der Waals surface area contributed by atoms with E-state index in [0.29, 0.717) is 21.5 Å². The molecule has 2 aromatic rings. The number of ether oxygens (including phenoxy) is 1. The lowest BCUT2D eigenvalue weighted by atomic mass is 10.0. The predicted octanol–water partition coefficient (Wildman–Crippen LogP) is 5.41. The van der Waals surface area contributed by atoms with Crippen LogP contribution in [0.15, 0.2) is 42.5 Å². The molecule has 0 amide bonds. The summed E-state index contributed by atoms with van der Waals surface area (Å²) in [6.07, 6.45) is 0. The normalized spacial score (nSPS) is 11.7. The van der Waals surface area contributed by atoms with E-state index in [1.807, 2.05) is 31.2 Å². The maximum atomic E-state index is 8.84. The molecular formula is C15H11Cl2NO. The van der Waals surface area contributed by atoms with Crippen molar-refractivity contribution in [1.82, 2.24) is 0 Å². The summed E-state index contributed by atoms with van der Waals surface area (Å²) in [5, 5.41) is 9.87.